The molecule has 16 heavy (non-hydrogen) atoms. The predicted molar refractivity (Wildman–Crippen MR) is 62.4 cm³/mol. The third-order valence-electron chi connectivity index (χ3n) is 2.65. The van der Waals surface area contributed by atoms with E-state index in [-0.39, 0.29) is 6.04 Å². The van der Waals surface area contributed by atoms with Gasteiger partial charge in [0.25, 0.3) is 0 Å². The van der Waals surface area contributed by atoms with E-state index < -0.39 is 0 Å². The summed E-state index contributed by atoms with van der Waals surface area (Å²) in [7, 11) is 0. The minimum atomic E-state index is 0.201. The van der Waals surface area contributed by atoms with Crippen LogP contribution in [0.1, 0.15) is 17.2 Å². The molecule has 0 fully saturated rings. The maximum absolute atomic E-state index is 5.56. The Balaban J connectivity index is 1.87. The Morgan fingerprint density at radius 2 is 2.31 bits per heavy atom. The van der Waals surface area contributed by atoms with Gasteiger partial charge >= 0.3 is 0 Å². The van der Waals surface area contributed by atoms with Gasteiger partial charge in [-0.05, 0) is 11.1 Å². The van der Waals surface area contributed by atoms with E-state index in [0.717, 1.165) is 5.00 Å². The van der Waals surface area contributed by atoms with Crippen LogP contribution in [0.3, 0.4) is 0 Å². The van der Waals surface area contributed by atoms with Gasteiger partial charge in [-0.15, -0.1) is 5.10 Å². The van der Waals surface area contributed by atoms with Gasteiger partial charge in [-0.2, -0.15) is 0 Å². The van der Waals surface area contributed by atoms with Crippen molar-refractivity contribution < 1.29 is 4.74 Å². The standard InChI is InChI=1S/C11H11N3OS/c1-2-4-9-8(3-1)6-15-7-10(9)13-11-5-12-14-16-11/h1-5,10,13H,6-7H2. The van der Waals surface area contributed by atoms with Gasteiger partial charge < -0.3 is 10.1 Å². The fourth-order valence-electron chi connectivity index (χ4n) is 1.90. The first-order valence-corrected chi connectivity index (χ1v) is 5.90. The molecular formula is C11H11N3OS. The van der Waals surface area contributed by atoms with Crippen molar-refractivity contribution in [1.29, 1.82) is 0 Å². The zero-order valence-corrected chi connectivity index (χ0v) is 9.41. The molecule has 5 heteroatoms. The first-order valence-electron chi connectivity index (χ1n) is 5.13. The lowest BCUT2D eigenvalue weighted by Crippen LogP contribution is -2.22. The Bertz CT molecular complexity index is 472. The van der Waals surface area contributed by atoms with Gasteiger partial charge in [0, 0.05) is 11.5 Å². The quantitative estimate of drug-likeness (QED) is 0.864. The van der Waals surface area contributed by atoms with Crippen LogP contribution in [-0.2, 0) is 11.3 Å². The average Bonchev–Trinajstić information content (AvgIpc) is 2.82. The van der Waals surface area contributed by atoms with Crippen LogP contribution in [0.2, 0.25) is 0 Å². The van der Waals surface area contributed by atoms with Crippen molar-refractivity contribution >= 4 is 16.5 Å². The maximum atomic E-state index is 5.56. The predicted octanol–water partition coefficient (Wildman–Crippen LogP) is 2.22. The summed E-state index contributed by atoms with van der Waals surface area (Å²) < 4.78 is 9.39. The van der Waals surface area contributed by atoms with Crippen LogP contribution in [0, 0.1) is 0 Å². The normalized spacial score (nSPS) is 19.1. The van der Waals surface area contributed by atoms with Gasteiger partial charge in [0.15, 0.2) is 0 Å². The second-order valence-electron chi connectivity index (χ2n) is 3.69. The van der Waals surface area contributed by atoms with E-state index in [2.05, 4.69) is 33.1 Å². The summed E-state index contributed by atoms with van der Waals surface area (Å²) in [4.78, 5) is 0. The highest BCUT2D eigenvalue weighted by molar-refractivity contribution is 7.09. The SMILES string of the molecule is c1ccc2c(c1)COCC2Nc1cnns1. The van der Waals surface area contributed by atoms with Crippen molar-refractivity contribution in [3.05, 3.63) is 41.6 Å². The largest absolute Gasteiger partial charge is 0.374 e. The number of anilines is 1. The minimum absolute atomic E-state index is 0.201. The summed E-state index contributed by atoms with van der Waals surface area (Å²) in [5.41, 5.74) is 2.56. The van der Waals surface area contributed by atoms with Crippen molar-refractivity contribution in [2.24, 2.45) is 0 Å². The summed E-state index contributed by atoms with van der Waals surface area (Å²) in [6.07, 6.45) is 1.74. The molecule has 1 aliphatic heterocycles. The Kier molecular flexibility index (Phi) is 2.55. The van der Waals surface area contributed by atoms with Crippen molar-refractivity contribution in [1.82, 2.24) is 9.59 Å². The lowest BCUT2D eigenvalue weighted by molar-refractivity contribution is 0.0971. The highest BCUT2D eigenvalue weighted by Gasteiger charge is 2.20. The Labute approximate surface area is 97.4 Å². The van der Waals surface area contributed by atoms with E-state index in [1.807, 2.05) is 6.07 Å². The van der Waals surface area contributed by atoms with Crippen molar-refractivity contribution in [3.63, 3.8) is 0 Å². The molecule has 0 aliphatic carbocycles. The van der Waals surface area contributed by atoms with Gasteiger partial charge in [-0.25, -0.2) is 0 Å². The van der Waals surface area contributed by atoms with Crippen LogP contribution in [0.25, 0.3) is 0 Å². The molecule has 2 aromatic rings. The lowest BCUT2D eigenvalue weighted by Gasteiger charge is -2.26. The topological polar surface area (TPSA) is 47.0 Å². The van der Waals surface area contributed by atoms with Gasteiger partial charge in [-0.1, -0.05) is 28.8 Å². The second kappa shape index (κ2) is 4.19. The Morgan fingerprint density at radius 1 is 1.38 bits per heavy atom. The molecule has 0 radical (unpaired) electrons. The van der Waals surface area contributed by atoms with E-state index in [4.69, 9.17) is 4.74 Å². The second-order valence-corrected chi connectivity index (χ2v) is 4.48. The van der Waals surface area contributed by atoms with Gasteiger partial charge in [0.05, 0.1) is 25.5 Å². The Hall–Kier alpha value is -1.46. The molecule has 1 aromatic heterocycles. The Morgan fingerprint density at radius 3 is 3.19 bits per heavy atom. The number of nitrogens with zero attached hydrogens (tertiary/aromatic N) is 2. The molecule has 0 amide bonds. The third kappa shape index (κ3) is 1.79. The molecule has 4 nitrogen and oxygen atoms in total. The summed E-state index contributed by atoms with van der Waals surface area (Å²) in [5, 5.41) is 8.17. The fraction of sp³-hybridized carbons (Fsp3) is 0.273. The summed E-state index contributed by atoms with van der Waals surface area (Å²) in [6, 6.07) is 8.55. The molecule has 1 N–H and O–H groups in total. The van der Waals surface area contributed by atoms with Crippen LogP contribution < -0.4 is 5.32 Å². The molecule has 0 saturated heterocycles. The monoisotopic (exact) mass is 233 g/mol. The van der Waals surface area contributed by atoms with Gasteiger partial charge in [0.2, 0.25) is 0 Å². The maximum Gasteiger partial charge on any atom is 0.130 e. The highest BCUT2D eigenvalue weighted by atomic mass is 32.1. The number of rotatable bonds is 2. The first-order chi connectivity index (χ1) is 7.93. The molecule has 2 heterocycles. The van der Waals surface area contributed by atoms with E-state index in [0.29, 0.717) is 13.2 Å². The first kappa shape index (κ1) is 9.74. The van der Waals surface area contributed by atoms with Crippen LogP contribution >= 0.6 is 11.5 Å². The molecule has 0 spiro atoms. The van der Waals surface area contributed by atoms with Crippen LogP contribution in [0.5, 0.6) is 0 Å². The highest BCUT2D eigenvalue weighted by Crippen LogP contribution is 2.28. The number of aromatic nitrogens is 2. The van der Waals surface area contributed by atoms with Crippen LogP contribution in [0.4, 0.5) is 5.00 Å². The molecule has 1 unspecified atom stereocenters. The molecule has 1 aromatic carbocycles. The fourth-order valence-corrected chi connectivity index (χ4v) is 2.38. The van der Waals surface area contributed by atoms with Crippen molar-refractivity contribution in [2.75, 3.05) is 11.9 Å². The lowest BCUT2D eigenvalue weighted by atomic mass is 9.99. The zero-order valence-electron chi connectivity index (χ0n) is 8.59. The van der Waals surface area contributed by atoms with Crippen molar-refractivity contribution in [3.8, 4) is 0 Å². The number of benzene rings is 1. The number of nitrogens with one attached hydrogen (secondary N) is 1. The van der Waals surface area contributed by atoms with Gasteiger partial charge in [0.1, 0.15) is 5.00 Å². The van der Waals surface area contributed by atoms with E-state index in [1.165, 1.54) is 22.7 Å². The van der Waals surface area contributed by atoms with Crippen LogP contribution in [-0.4, -0.2) is 16.2 Å². The van der Waals surface area contributed by atoms with E-state index >= 15 is 0 Å². The average molecular weight is 233 g/mol. The minimum Gasteiger partial charge on any atom is -0.374 e. The number of fused-ring (bicyclic) bond motifs is 1. The zero-order chi connectivity index (χ0) is 10.8. The summed E-state index contributed by atoms with van der Waals surface area (Å²) in [5.74, 6) is 0. The molecular weight excluding hydrogens is 222 g/mol. The summed E-state index contributed by atoms with van der Waals surface area (Å²) in [6.45, 7) is 1.39. The molecule has 1 aliphatic rings. The number of ether oxygens (including phenoxy) is 1. The van der Waals surface area contributed by atoms with Crippen LogP contribution in [0.15, 0.2) is 30.5 Å². The van der Waals surface area contributed by atoms with E-state index in [1.54, 1.807) is 6.20 Å². The number of hydrogen-bond acceptors (Lipinski definition) is 5. The van der Waals surface area contributed by atoms with Gasteiger partial charge in [-0.3, -0.25) is 0 Å². The smallest absolute Gasteiger partial charge is 0.130 e. The molecule has 0 bridgehead atoms. The third-order valence-corrected chi connectivity index (χ3v) is 3.25. The molecule has 82 valence electrons. The molecule has 0 saturated carbocycles. The van der Waals surface area contributed by atoms with E-state index in [9.17, 15) is 0 Å². The summed E-state index contributed by atoms with van der Waals surface area (Å²) >= 11 is 1.36. The molecule has 3 rings (SSSR count). The molecule has 1 atom stereocenters. The number of hydrogen-bond donors (Lipinski definition) is 1. The van der Waals surface area contributed by atoms with Crippen molar-refractivity contribution in [2.45, 2.75) is 12.6 Å².